The maximum atomic E-state index is 13.0. The summed E-state index contributed by atoms with van der Waals surface area (Å²) in [5, 5.41) is 2.90. The van der Waals surface area contributed by atoms with Gasteiger partial charge in [0.05, 0.1) is 17.5 Å². The first-order valence-electron chi connectivity index (χ1n) is 12.0. The summed E-state index contributed by atoms with van der Waals surface area (Å²) < 4.78 is 5.83. The van der Waals surface area contributed by atoms with E-state index in [0.717, 1.165) is 17.5 Å². The fourth-order valence-electron chi connectivity index (χ4n) is 5.85. The Morgan fingerprint density at radius 2 is 1.61 bits per heavy atom. The quantitative estimate of drug-likeness (QED) is 0.329. The van der Waals surface area contributed by atoms with Crippen molar-refractivity contribution in [1.29, 1.82) is 0 Å². The van der Waals surface area contributed by atoms with E-state index in [1.165, 1.54) is 4.90 Å². The number of nitrogens with zero attached hydrogens (tertiary/aromatic N) is 2. The number of aromatic nitrogens is 1. The van der Waals surface area contributed by atoms with Crippen LogP contribution in [0.15, 0.2) is 89.4 Å². The maximum absolute atomic E-state index is 13.0. The van der Waals surface area contributed by atoms with Crippen LogP contribution in [0.2, 0.25) is 0 Å². The fourth-order valence-corrected chi connectivity index (χ4v) is 5.85. The predicted octanol–water partition coefficient (Wildman–Crippen LogP) is 5.06. The lowest BCUT2D eigenvalue weighted by atomic mass is 9.85. The third kappa shape index (κ3) is 3.12. The minimum atomic E-state index is -0.297. The van der Waals surface area contributed by atoms with Gasteiger partial charge in [0.1, 0.15) is 5.52 Å². The van der Waals surface area contributed by atoms with Crippen molar-refractivity contribution in [2.24, 2.45) is 23.7 Å². The van der Waals surface area contributed by atoms with Crippen molar-refractivity contribution >= 4 is 40.2 Å². The summed E-state index contributed by atoms with van der Waals surface area (Å²) in [7, 11) is 0. The topological polar surface area (TPSA) is 92.5 Å². The van der Waals surface area contributed by atoms with Gasteiger partial charge < -0.3 is 9.73 Å². The number of oxazole rings is 1. The van der Waals surface area contributed by atoms with Crippen molar-refractivity contribution in [1.82, 2.24) is 4.98 Å². The van der Waals surface area contributed by atoms with Crippen LogP contribution in [0.5, 0.6) is 0 Å². The molecule has 7 rings (SSSR count). The number of rotatable bonds is 4. The molecule has 4 atom stereocenters. The van der Waals surface area contributed by atoms with Crippen LogP contribution in [0, 0.1) is 23.7 Å². The molecule has 3 aromatic carbocycles. The van der Waals surface area contributed by atoms with Crippen LogP contribution < -0.4 is 10.2 Å². The number of carbonyl (C=O) groups excluding carboxylic acids is 3. The Kier molecular flexibility index (Phi) is 4.48. The summed E-state index contributed by atoms with van der Waals surface area (Å²) in [4.78, 5) is 44.8. The zero-order valence-corrected chi connectivity index (χ0v) is 19.1. The summed E-state index contributed by atoms with van der Waals surface area (Å²) in [5.41, 5.74) is 3.75. The number of hydrogen-bond acceptors (Lipinski definition) is 5. The Balaban J connectivity index is 1.09. The number of carbonyl (C=O) groups is 3. The second-order valence-electron chi connectivity index (χ2n) is 9.58. The molecule has 2 fully saturated rings. The normalized spacial score (nSPS) is 24.1. The summed E-state index contributed by atoms with van der Waals surface area (Å²) in [6.45, 7) is 0. The molecule has 36 heavy (non-hydrogen) atoms. The molecule has 1 N–H and O–H groups in total. The van der Waals surface area contributed by atoms with E-state index in [2.05, 4.69) is 22.5 Å². The van der Waals surface area contributed by atoms with Crippen LogP contribution in [0.3, 0.4) is 0 Å². The largest absolute Gasteiger partial charge is 0.436 e. The molecule has 7 heteroatoms. The van der Waals surface area contributed by atoms with Gasteiger partial charge in [-0.15, -0.1) is 0 Å². The zero-order valence-electron chi connectivity index (χ0n) is 19.1. The lowest BCUT2D eigenvalue weighted by molar-refractivity contribution is -0.123. The molecule has 0 unspecified atom stereocenters. The standard InChI is InChI=1S/C29H21N3O4/c33-26(30-20-5-3-4-19(15-20)27-31-22-6-1-2-7-23(22)36-27)16-10-12-21(13-11-16)32-28(34)24-17-8-9-18(14-17)25(24)29(32)35/h1-13,15,17-18,24-25H,14H2,(H,30,33)/t17-,18-,24-,25+/m0/s1. The minimum Gasteiger partial charge on any atom is -0.436 e. The summed E-state index contributed by atoms with van der Waals surface area (Å²) >= 11 is 0. The molecule has 176 valence electrons. The van der Waals surface area contributed by atoms with E-state index in [0.29, 0.717) is 28.4 Å². The third-order valence-electron chi connectivity index (χ3n) is 7.52. The molecule has 0 spiro atoms. The number of amides is 3. The number of nitrogens with one attached hydrogen (secondary N) is 1. The van der Waals surface area contributed by atoms with Gasteiger partial charge in [0.25, 0.3) is 5.91 Å². The van der Waals surface area contributed by atoms with E-state index < -0.39 is 0 Å². The lowest BCUT2D eigenvalue weighted by Crippen LogP contribution is -2.32. The van der Waals surface area contributed by atoms with Gasteiger partial charge in [-0.2, -0.15) is 0 Å². The van der Waals surface area contributed by atoms with Gasteiger partial charge in [-0.25, -0.2) is 4.98 Å². The van der Waals surface area contributed by atoms with Crippen LogP contribution in [0.4, 0.5) is 11.4 Å². The molecule has 7 nitrogen and oxygen atoms in total. The first-order chi connectivity index (χ1) is 17.6. The lowest BCUT2D eigenvalue weighted by Gasteiger charge is -2.17. The monoisotopic (exact) mass is 475 g/mol. The molecule has 1 saturated carbocycles. The van der Waals surface area contributed by atoms with Gasteiger partial charge >= 0.3 is 0 Å². The number of allylic oxidation sites excluding steroid dienone is 2. The average molecular weight is 476 g/mol. The number of benzene rings is 3. The molecule has 2 aliphatic carbocycles. The molecule has 2 bridgehead atoms. The van der Waals surface area contributed by atoms with Gasteiger partial charge in [0, 0.05) is 16.8 Å². The number of fused-ring (bicyclic) bond motifs is 6. The molecule has 0 radical (unpaired) electrons. The first kappa shape index (κ1) is 20.8. The molecule has 4 aromatic rings. The third-order valence-corrected chi connectivity index (χ3v) is 7.52. The highest BCUT2D eigenvalue weighted by atomic mass is 16.3. The number of para-hydroxylation sites is 2. The van der Waals surface area contributed by atoms with Crippen molar-refractivity contribution in [2.75, 3.05) is 10.2 Å². The Bertz CT molecular complexity index is 1520. The SMILES string of the molecule is O=C(Nc1cccc(-c2nc3ccccc3o2)c1)c1ccc(N2C(=O)[C@@H]3[C@H](C2=O)[C@H]2C=C[C@H]3C2)cc1. The zero-order chi connectivity index (χ0) is 24.4. The maximum Gasteiger partial charge on any atom is 0.255 e. The summed E-state index contributed by atoms with van der Waals surface area (Å²) in [6.07, 6.45) is 5.05. The average Bonchev–Trinajstić information content (AvgIpc) is 3.67. The van der Waals surface area contributed by atoms with E-state index in [-0.39, 0.29) is 41.4 Å². The van der Waals surface area contributed by atoms with Crippen LogP contribution in [0.25, 0.3) is 22.6 Å². The number of imide groups is 1. The fraction of sp³-hybridized carbons (Fsp3) is 0.172. The first-order valence-corrected chi connectivity index (χ1v) is 12.0. The van der Waals surface area contributed by atoms with Crippen LogP contribution in [-0.2, 0) is 9.59 Å². The highest BCUT2D eigenvalue weighted by molar-refractivity contribution is 6.23. The summed E-state index contributed by atoms with van der Waals surface area (Å²) in [6, 6.07) is 21.4. The Morgan fingerprint density at radius 1 is 0.889 bits per heavy atom. The Hall–Kier alpha value is -4.52. The van der Waals surface area contributed by atoms with E-state index in [9.17, 15) is 14.4 Å². The van der Waals surface area contributed by atoms with Gasteiger partial charge in [-0.05, 0) is 72.9 Å². The molecule has 1 aromatic heterocycles. The smallest absolute Gasteiger partial charge is 0.255 e. The molecular formula is C29H21N3O4. The van der Waals surface area contributed by atoms with Gasteiger partial charge in [0.2, 0.25) is 17.7 Å². The van der Waals surface area contributed by atoms with Crippen LogP contribution >= 0.6 is 0 Å². The highest BCUT2D eigenvalue weighted by Crippen LogP contribution is 2.53. The van der Waals surface area contributed by atoms with Crippen molar-refractivity contribution in [2.45, 2.75) is 6.42 Å². The second-order valence-corrected chi connectivity index (χ2v) is 9.58. The van der Waals surface area contributed by atoms with Crippen LogP contribution in [0.1, 0.15) is 16.8 Å². The summed E-state index contributed by atoms with van der Waals surface area (Å²) in [5.74, 6) is -0.244. The van der Waals surface area contributed by atoms with E-state index in [4.69, 9.17) is 4.42 Å². The van der Waals surface area contributed by atoms with Crippen molar-refractivity contribution in [3.63, 3.8) is 0 Å². The molecule has 3 aliphatic rings. The molecule has 3 amide bonds. The van der Waals surface area contributed by atoms with E-state index >= 15 is 0 Å². The highest BCUT2D eigenvalue weighted by Gasteiger charge is 2.59. The van der Waals surface area contributed by atoms with Gasteiger partial charge in [0.15, 0.2) is 5.58 Å². The molecule has 2 heterocycles. The molecule has 1 saturated heterocycles. The Labute approximate surface area is 206 Å². The van der Waals surface area contributed by atoms with Gasteiger partial charge in [-0.1, -0.05) is 30.4 Å². The van der Waals surface area contributed by atoms with Crippen molar-refractivity contribution in [3.05, 3.63) is 90.5 Å². The van der Waals surface area contributed by atoms with Gasteiger partial charge in [-0.3, -0.25) is 19.3 Å². The predicted molar refractivity (Wildman–Crippen MR) is 134 cm³/mol. The van der Waals surface area contributed by atoms with E-state index in [1.54, 1.807) is 36.4 Å². The Morgan fingerprint density at radius 3 is 2.33 bits per heavy atom. The van der Waals surface area contributed by atoms with E-state index in [1.807, 2.05) is 36.4 Å². The minimum absolute atomic E-state index is 0.130. The number of hydrogen-bond donors (Lipinski definition) is 1. The van der Waals surface area contributed by atoms with Crippen molar-refractivity contribution < 1.29 is 18.8 Å². The second kappa shape index (κ2) is 7.75. The number of anilines is 2. The van der Waals surface area contributed by atoms with Crippen LogP contribution in [-0.4, -0.2) is 22.7 Å². The van der Waals surface area contributed by atoms with Crippen molar-refractivity contribution in [3.8, 4) is 11.5 Å². The molecular weight excluding hydrogens is 454 g/mol. The molecule has 1 aliphatic heterocycles.